The van der Waals surface area contributed by atoms with Crippen molar-refractivity contribution in [3.05, 3.63) is 88.5 Å². The smallest absolute Gasteiger partial charge is 0.337 e. The molecule has 2 aromatic heterocycles. The molecule has 4 aromatic rings. The number of halogens is 1. The summed E-state index contributed by atoms with van der Waals surface area (Å²) in [4.78, 5) is 27.7. The summed E-state index contributed by atoms with van der Waals surface area (Å²) in [6.45, 7) is 1.07. The Bertz CT molecular complexity index is 1340. The van der Waals surface area contributed by atoms with Gasteiger partial charge in [0.2, 0.25) is 0 Å². The standard InChI is InChI=1S/C24H23FN6O2/c1-29-24(33)31(19-7-3-2-4-8-19)22(28-29)17-6-5-13-30(15-17)23(32)21-14-20(26-27-21)16-9-11-18(25)12-10-16/h2-4,7-12,14,17H,5-6,13,15H2,1H3,(H,26,27). The van der Waals surface area contributed by atoms with E-state index in [1.165, 1.54) is 16.8 Å². The number of aryl methyl sites for hydroxylation is 1. The summed E-state index contributed by atoms with van der Waals surface area (Å²) in [7, 11) is 1.64. The number of likely N-dealkylation sites (tertiary alicyclic amines) is 1. The lowest BCUT2D eigenvalue weighted by Crippen LogP contribution is -2.40. The van der Waals surface area contributed by atoms with Crippen LogP contribution in [0, 0.1) is 5.82 Å². The molecule has 0 aliphatic carbocycles. The van der Waals surface area contributed by atoms with Gasteiger partial charge in [0, 0.05) is 31.6 Å². The van der Waals surface area contributed by atoms with E-state index in [0.717, 1.165) is 24.1 Å². The van der Waals surface area contributed by atoms with Gasteiger partial charge >= 0.3 is 5.69 Å². The Hall–Kier alpha value is -4.01. The maximum atomic E-state index is 13.2. The summed E-state index contributed by atoms with van der Waals surface area (Å²) in [5.74, 6) is 0.0950. The first-order valence-electron chi connectivity index (χ1n) is 10.8. The van der Waals surface area contributed by atoms with E-state index in [-0.39, 0.29) is 23.3 Å². The highest BCUT2D eigenvalue weighted by molar-refractivity contribution is 5.93. The van der Waals surface area contributed by atoms with Crippen LogP contribution >= 0.6 is 0 Å². The Morgan fingerprint density at radius 1 is 1.12 bits per heavy atom. The molecule has 0 spiro atoms. The Balaban J connectivity index is 1.39. The summed E-state index contributed by atoms with van der Waals surface area (Å²) in [6.07, 6.45) is 1.63. The number of hydrogen-bond donors (Lipinski definition) is 1. The fourth-order valence-electron chi connectivity index (χ4n) is 4.31. The number of benzene rings is 2. The van der Waals surface area contributed by atoms with Crippen LogP contribution < -0.4 is 5.69 Å². The van der Waals surface area contributed by atoms with Crippen molar-refractivity contribution in [1.29, 1.82) is 0 Å². The zero-order valence-corrected chi connectivity index (χ0v) is 18.1. The molecule has 33 heavy (non-hydrogen) atoms. The molecule has 0 bridgehead atoms. The van der Waals surface area contributed by atoms with E-state index in [1.54, 1.807) is 34.7 Å². The van der Waals surface area contributed by atoms with Crippen LogP contribution in [0.1, 0.15) is 35.1 Å². The zero-order valence-electron chi connectivity index (χ0n) is 18.1. The number of piperidine rings is 1. The molecule has 1 aliphatic rings. The van der Waals surface area contributed by atoms with Crippen LogP contribution in [0.25, 0.3) is 16.9 Å². The van der Waals surface area contributed by atoms with Gasteiger partial charge in [-0.3, -0.25) is 9.89 Å². The lowest BCUT2D eigenvalue weighted by Gasteiger charge is -2.32. The van der Waals surface area contributed by atoms with Crippen LogP contribution in [-0.2, 0) is 7.05 Å². The van der Waals surface area contributed by atoms with Gasteiger partial charge in [0.25, 0.3) is 5.91 Å². The van der Waals surface area contributed by atoms with Crippen LogP contribution in [0.15, 0.2) is 65.5 Å². The minimum absolute atomic E-state index is 0.0729. The predicted octanol–water partition coefficient (Wildman–Crippen LogP) is 3.12. The average Bonchev–Trinajstić information content (AvgIpc) is 3.45. The number of H-pyrrole nitrogens is 1. The molecule has 3 heterocycles. The summed E-state index contributed by atoms with van der Waals surface area (Å²) < 4.78 is 16.2. The van der Waals surface area contributed by atoms with Crippen molar-refractivity contribution < 1.29 is 9.18 Å². The van der Waals surface area contributed by atoms with Gasteiger partial charge in [-0.05, 0) is 55.3 Å². The number of para-hydroxylation sites is 1. The Kier molecular flexibility index (Phi) is 5.37. The Morgan fingerprint density at radius 3 is 2.64 bits per heavy atom. The third-order valence-corrected chi connectivity index (χ3v) is 5.99. The van der Waals surface area contributed by atoms with Gasteiger partial charge in [-0.1, -0.05) is 18.2 Å². The number of carbonyl (C=O) groups excluding carboxylic acids is 1. The molecule has 2 aromatic carbocycles. The van der Waals surface area contributed by atoms with Crippen molar-refractivity contribution in [2.45, 2.75) is 18.8 Å². The highest BCUT2D eigenvalue weighted by atomic mass is 19.1. The molecule has 9 heteroatoms. The number of carbonyl (C=O) groups is 1. The Morgan fingerprint density at radius 2 is 1.88 bits per heavy atom. The van der Waals surface area contributed by atoms with Gasteiger partial charge in [-0.15, -0.1) is 0 Å². The first-order chi connectivity index (χ1) is 16.0. The van der Waals surface area contributed by atoms with Crippen molar-refractivity contribution in [3.8, 4) is 16.9 Å². The van der Waals surface area contributed by atoms with Crippen molar-refractivity contribution in [1.82, 2.24) is 29.4 Å². The number of hydrogen-bond acceptors (Lipinski definition) is 4. The Labute approximate surface area is 189 Å². The third-order valence-electron chi connectivity index (χ3n) is 5.99. The van der Waals surface area contributed by atoms with Crippen LogP contribution in [0.4, 0.5) is 4.39 Å². The van der Waals surface area contributed by atoms with Gasteiger partial charge in [-0.2, -0.15) is 10.2 Å². The topological polar surface area (TPSA) is 88.8 Å². The van der Waals surface area contributed by atoms with E-state index in [2.05, 4.69) is 15.3 Å². The van der Waals surface area contributed by atoms with Crippen molar-refractivity contribution in [2.75, 3.05) is 13.1 Å². The normalized spacial score (nSPS) is 16.2. The largest absolute Gasteiger partial charge is 0.350 e. The second-order valence-electron chi connectivity index (χ2n) is 8.20. The lowest BCUT2D eigenvalue weighted by atomic mass is 9.96. The number of nitrogens with zero attached hydrogens (tertiary/aromatic N) is 5. The van der Waals surface area contributed by atoms with Gasteiger partial charge in [-0.25, -0.2) is 18.4 Å². The fourth-order valence-corrected chi connectivity index (χ4v) is 4.31. The summed E-state index contributed by atoms with van der Waals surface area (Å²) in [5, 5.41) is 11.5. The molecule has 1 N–H and O–H groups in total. The van der Waals surface area contributed by atoms with E-state index in [0.29, 0.717) is 30.3 Å². The number of aromatic nitrogens is 5. The molecule has 1 saturated heterocycles. The number of aromatic amines is 1. The molecule has 0 saturated carbocycles. The molecular formula is C24H23FN6O2. The summed E-state index contributed by atoms with van der Waals surface area (Å²) >= 11 is 0. The molecule has 1 amide bonds. The fraction of sp³-hybridized carbons (Fsp3) is 0.250. The first kappa shape index (κ1) is 20.9. The number of nitrogens with one attached hydrogen (secondary N) is 1. The second-order valence-corrected chi connectivity index (χ2v) is 8.20. The minimum atomic E-state index is -0.326. The maximum Gasteiger partial charge on any atom is 0.350 e. The average molecular weight is 446 g/mol. The highest BCUT2D eigenvalue weighted by Crippen LogP contribution is 2.28. The molecule has 1 atom stereocenters. The molecule has 0 radical (unpaired) electrons. The van der Waals surface area contributed by atoms with Gasteiger partial charge < -0.3 is 4.90 Å². The SMILES string of the molecule is Cn1nc(C2CCCN(C(=O)c3cc(-c4ccc(F)cc4)n[nH]3)C2)n(-c2ccccc2)c1=O. The molecule has 5 rings (SSSR count). The lowest BCUT2D eigenvalue weighted by molar-refractivity contribution is 0.0698. The molecule has 1 aliphatic heterocycles. The summed E-state index contributed by atoms with van der Waals surface area (Å²) in [5.41, 5.74) is 2.22. The highest BCUT2D eigenvalue weighted by Gasteiger charge is 2.30. The molecule has 8 nitrogen and oxygen atoms in total. The maximum absolute atomic E-state index is 13.2. The van der Waals surface area contributed by atoms with Gasteiger partial charge in [0.05, 0.1) is 11.4 Å². The van der Waals surface area contributed by atoms with E-state index >= 15 is 0 Å². The first-order valence-corrected chi connectivity index (χ1v) is 10.8. The van der Waals surface area contributed by atoms with Crippen LogP contribution in [0.3, 0.4) is 0 Å². The number of amides is 1. The predicted molar refractivity (Wildman–Crippen MR) is 121 cm³/mol. The van der Waals surface area contributed by atoms with E-state index < -0.39 is 0 Å². The number of rotatable bonds is 4. The van der Waals surface area contributed by atoms with Gasteiger partial charge in [0.1, 0.15) is 17.3 Å². The summed E-state index contributed by atoms with van der Waals surface area (Å²) in [6, 6.07) is 17.1. The molecule has 1 fully saturated rings. The second kappa shape index (κ2) is 8.50. The van der Waals surface area contributed by atoms with Crippen molar-refractivity contribution in [2.24, 2.45) is 7.05 Å². The van der Waals surface area contributed by atoms with Crippen LogP contribution in [-0.4, -0.2) is 48.4 Å². The van der Waals surface area contributed by atoms with Crippen LogP contribution in [0.5, 0.6) is 0 Å². The van der Waals surface area contributed by atoms with E-state index in [9.17, 15) is 14.0 Å². The quantitative estimate of drug-likeness (QED) is 0.522. The monoisotopic (exact) mass is 446 g/mol. The van der Waals surface area contributed by atoms with Crippen molar-refractivity contribution >= 4 is 5.91 Å². The molecule has 1 unspecified atom stereocenters. The third kappa shape index (κ3) is 3.97. The van der Waals surface area contributed by atoms with E-state index in [1.807, 2.05) is 30.3 Å². The molecule has 168 valence electrons. The molecular weight excluding hydrogens is 423 g/mol. The van der Waals surface area contributed by atoms with Crippen molar-refractivity contribution in [3.63, 3.8) is 0 Å². The van der Waals surface area contributed by atoms with Gasteiger partial charge in [0.15, 0.2) is 0 Å². The van der Waals surface area contributed by atoms with Crippen LogP contribution in [0.2, 0.25) is 0 Å². The minimum Gasteiger partial charge on any atom is -0.337 e. The van der Waals surface area contributed by atoms with E-state index in [4.69, 9.17) is 0 Å². The zero-order chi connectivity index (χ0) is 22.9.